The number of amides is 2. The predicted octanol–water partition coefficient (Wildman–Crippen LogP) is 1.36. The van der Waals surface area contributed by atoms with Crippen molar-refractivity contribution in [2.24, 2.45) is 5.92 Å². The second-order valence-corrected chi connectivity index (χ2v) is 9.37. The fraction of sp³-hybridized carbons (Fsp3) is 0.565. The van der Waals surface area contributed by atoms with Crippen LogP contribution >= 0.6 is 0 Å². The lowest BCUT2D eigenvalue weighted by atomic mass is 10.0. The molecule has 2 aromatic rings. The number of aromatic amines is 1. The first-order valence-electron chi connectivity index (χ1n) is 11.6. The fourth-order valence-electron chi connectivity index (χ4n) is 5.64. The summed E-state index contributed by atoms with van der Waals surface area (Å²) in [6, 6.07) is 9.83. The van der Waals surface area contributed by atoms with Crippen molar-refractivity contribution in [3.8, 4) is 17.5 Å². The summed E-state index contributed by atoms with van der Waals surface area (Å²) in [4.78, 5) is 32.0. The number of tetrazole rings is 1. The largest absolute Gasteiger partial charge is 0.330 e. The van der Waals surface area contributed by atoms with E-state index in [-0.39, 0.29) is 41.9 Å². The Morgan fingerprint density at radius 3 is 2.76 bits per heavy atom. The van der Waals surface area contributed by atoms with Crippen LogP contribution in [0.15, 0.2) is 24.3 Å². The molecule has 5 atom stereocenters. The Morgan fingerprint density at radius 1 is 1.30 bits per heavy atom. The van der Waals surface area contributed by atoms with Crippen molar-refractivity contribution in [3.63, 3.8) is 0 Å². The van der Waals surface area contributed by atoms with Crippen molar-refractivity contribution in [2.75, 3.05) is 19.6 Å². The lowest BCUT2D eigenvalue weighted by molar-refractivity contribution is -0.142. The van der Waals surface area contributed by atoms with E-state index < -0.39 is 0 Å². The maximum Gasteiger partial charge on any atom is 0.240 e. The fourth-order valence-corrected chi connectivity index (χ4v) is 5.64. The molecule has 1 aromatic heterocycles. The van der Waals surface area contributed by atoms with Gasteiger partial charge in [-0.05, 0) is 42.2 Å². The summed E-state index contributed by atoms with van der Waals surface area (Å²) < 4.78 is 0. The zero-order chi connectivity index (χ0) is 23.1. The Morgan fingerprint density at radius 2 is 2.09 bits per heavy atom. The predicted molar refractivity (Wildman–Crippen MR) is 118 cm³/mol. The van der Waals surface area contributed by atoms with Crippen LogP contribution in [-0.2, 0) is 9.59 Å². The number of likely N-dealkylation sites (tertiary alicyclic amines) is 3. The summed E-state index contributed by atoms with van der Waals surface area (Å²) >= 11 is 0. The summed E-state index contributed by atoms with van der Waals surface area (Å²) in [5, 5.41) is 23.2. The first-order valence-corrected chi connectivity index (χ1v) is 11.6. The zero-order valence-electron chi connectivity index (χ0n) is 18.9. The first-order chi connectivity index (χ1) is 16.0. The number of nitriles is 1. The topological polar surface area (TPSA) is 122 Å². The highest BCUT2D eigenvalue weighted by molar-refractivity contribution is 5.86. The number of hydrogen-bond acceptors (Lipinski definition) is 7. The van der Waals surface area contributed by atoms with E-state index in [1.165, 1.54) is 0 Å². The standard InChI is InChI=1S/C23H28N8O2/c1-14(22(32)30-9-3-4-18(30)11-24)12-29-13-19-10-20(29)23(33)31(19)15(2)16-5-7-17(8-6-16)21-25-27-28-26-21/h5-8,14-15,18-20H,3-4,9-10,12-13H2,1-2H3,(H,25,26,27,28)/t14-,15+,18-,19-,20-/m0/s1. The van der Waals surface area contributed by atoms with E-state index in [2.05, 4.69) is 38.5 Å². The summed E-state index contributed by atoms with van der Waals surface area (Å²) in [7, 11) is 0. The van der Waals surface area contributed by atoms with Gasteiger partial charge in [0.2, 0.25) is 11.8 Å². The van der Waals surface area contributed by atoms with E-state index in [0.717, 1.165) is 36.9 Å². The number of fused-ring (bicyclic) bond motifs is 2. The molecule has 3 aliphatic rings. The second kappa shape index (κ2) is 8.56. The van der Waals surface area contributed by atoms with Crippen molar-refractivity contribution < 1.29 is 9.59 Å². The van der Waals surface area contributed by atoms with E-state index in [1.807, 2.05) is 36.1 Å². The highest BCUT2D eigenvalue weighted by Gasteiger charge is 2.51. The molecule has 5 rings (SSSR count). The number of rotatable bonds is 6. The summed E-state index contributed by atoms with van der Waals surface area (Å²) in [5.41, 5.74) is 1.96. The molecule has 3 aliphatic heterocycles. The van der Waals surface area contributed by atoms with Crippen molar-refractivity contribution in [2.45, 2.75) is 57.3 Å². The average Bonchev–Trinajstić information content (AvgIpc) is 3.62. The van der Waals surface area contributed by atoms with Gasteiger partial charge in [0.05, 0.1) is 18.2 Å². The third-order valence-electron chi connectivity index (χ3n) is 7.36. The SMILES string of the molecule is C[C@H](c1ccc(-c2nnn[nH]2)cc1)N1C(=O)[C@@H]2C[C@H]1CN2C[C@H](C)C(=O)N1CCC[C@H]1C#N. The molecule has 10 heteroatoms. The van der Waals surface area contributed by atoms with E-state index in [0.29, 0.717) is 18.9 Å². The third kappa shape index (κ3) is 3.76. The monoisotopic (exact) mass is 448 g/mol. The van der Waals surface area contributed by atoms with Crippen molar-refractivity contribution in [1.82, 2.24) is 35.3 Å². The van der Waals surface area contributed by atoms with Crippen LogP contribution in [-0.4, -0.2) is 84.9 Å². The Bertz CT molecular complexity index is 1060. The van der Waals surface area contributed by atoms with Gasteiger partial charge in [0.15, 0.2) is 5.82 Å². The van der Waals surface area contributed by atoms with Crippen molar-refractivity contribution in [3.05, 3.63) is 29.8 Å². The number of carbonyl (C=O) groups is 2. The summed E-state index contributed by atoms with van der Waals surface area (Å²) in [6.07, 6.45) is 2.44. The highest BCUT2D eigenvalue weighted by atomic mass is 16.2. The van der Waals surface area contributed by atoms with E-state index >= 15 is 0 Å². The second-order valence-electron chi connectivity index (χ2n) is 9.37. The van der Waals surface area contributed by atoms with Crippen LogP contribution in [0.2, 0.25) is 0 Å². The number of nitrogens with one attached hydrogen (secondary N) is 1. The van der Waals surface area contributed by atoms with Gasteiger partial charge in [-0.2, -0.15) is 5.26 Å². The van der Waals surface area contributed by atoms with Gasteiger partial charge in [-0.1, -0.05) is 31.2 Å². The number of benzene rings is 1. The van der Waals surface area contributed by atoms with Gasteiger partial charge < -0.3 is 9.80 Å². The first kappa shape index (κ1) is 21.5. The van der Waals surface area contributed by atoms with E-state index in [1.54, 1.807) is 4.90 Å². The minimum absolute atomic E-state index is 0.0292. The van der Waals surface area contributed by atoms with Gasteiger partial charge in [-0.3, -0.25) is 14.5 Å². The molecular formula is C23H28N8O2. The van der Waals surface area contributed by atoms with Crippen LogP contribution in [0.5, 0.6) is 0 Å². The van der Waals surface area contributed by atoms with E-state index in [9.17, 15) is 14.9 Å². The maximum absolute atomic E-state index is 13.3. The van der Waals surface area contributed by atoms with Crippen LogP contribution in [0, 0.1) is 17.2 Å². The van der Waals surface area contributed by atoms with Gasteiger partial charge in [-0.25, -0.2) is 5.10 Å². The number of nitrogens with zero attached hydrogens (tertiary/aromatic N) is 7. The molecule has 0 aliphatic carbocycles. The summed E-state index contributed by atoms with van der Waals surface area (Å²) in [5.74, 6) is 0.550. The minimum atomic E-state index is -0.306. The molecule has 0 spiro atoms. The number of H-pyrrole nitrogens is 1. The molecular weight excluding hydrogens is 420 g/mol. The molecule has 33 heavy (non-hydrogen) atoms. The molecule has 0 saturated carbocycles. The van der Waals surface area contributed by atoms with Crippen LogP contribution in [0.3, 0.4) is 0 Å². The number of aromatic nitrogens is 4. The highest BCUT2D eigenvalue weighted by Crippen LogP contribution is 2.38. The smallest absolute Gasteiger partial charge is 0.240 e. The zero-order valence-corrected chi connectivity index (χ0v) is 18.9. The van der Waals surface area contributed by atoms with Crippen LogP contribution in [0.1, 0.15) is 44.7 Å². The quantitative estimate of drug-likeness (QED) is 0.708. The summed E-state index contributed by atoms with van der Waals surface area (Å²) in [6.45, 7) is 5.97. The number of carbonyl (C=O) groups excluding carboxylic acids is 2. The molecule has 10 nitrogen and oxygen atoms in total. The van der Waals surface area contributed by atoms with E-state index in [4.69, 9.17) is 0 Å². The molecule has 2 bridgehead atoms. The molecule has 3 saturated heterocycles. The lowest BCUT2D eigenvalue weighted by Gasteiger charge is -2.38. The molecule has 3 fully saturated rings. The Hall–Kier alpha value is -3.32. The third-order valence-corrected chi connectivity index (χ3v) is 7.36. The Labute approximate surface area is 192 Å². The number of hydrogen-bond donors (Lipinski definition) is 1. The molecule has 2 amide bonds. The Kier molecular flexibility index (Phi) is 5.58. The number of piperazine rings is 1. The maximum atomic E-state index is 13.3. The van der Waals surface area contributed by atoms with Crippen LogP contribution in [0.4, 0.5) is 0 Å². The molecule has 4 heterocycles. The van der Waals surface area contributed by atoms with Gasteiger partial charge in [-0.15, -0.1) is 5.10 Å². The van der Waals surface area contributed by atoms with Gasteiger partial charge in [0.25, 0.3) is 0 Å². The van der Waals surface area contributed by atoms with Crippen molar-refractivity contribution in [1.29, 1.82) is 5.26 Å². The van der Waals surface area contributed by atoms with Crippen LogP contribution < -0.4 is 0 Å². The molecule has 0 unspecified atom stereocenters. The molecule has 1 aromatic carbocycles. The average molecular weight is 449 g/mol. The normalized spacial score (nSPS) is 26.6. The Balaban J connectivity index is 1.22. The molecule has 1 N–H and O–H groups in total. The van der Waals surface area contributed by atoms with Gasteiger partial charge in [0.1, 0.15) is 6.04 Å². The molecule has 172 valence electrons. The molecule has 0 radical (unpaired) electrons. The lowest BCUT2D eigenvalue weighted by Crippen LogP contribution is -2.53. The van der Waals surface area contributed by atoms with Crippen molar-refractivity contribution >= 4 is 11.8 Å². The van der Waals surface area contributed by atoms with Crippen LogP contribution in [0.25, 0.3) is 11.4 Å². The minimum Gasteiger partial charge on any atom is -0.330 e. The van der Waals surface area contributed by atoms with Gasteiger partial charge in [0, 0.05) is 37.2 Å². The van der Waals surface area contributed by atoms with Gasteiger partial charge >= 0.3 is 0 Å².